The Balaban J connectivity index is 1.93. The summed E-state index contributed by atoms with van der Waals surface area (Å²) in [5, 5.41) is 5.88. The van der Waals surface area contributed by atoms with E-state index >= 15 is 0 Å². The van der Waals surface area contributed by atoms with Crippen LogP contribution in [0.3, 0.4) is 0 Å². The Morgan fingerprint density at radius 2 is 1.86 bits per heavy atom. The van der Waals surface area contributed by atoms with Gasteiger partial charge in [-0.2, -0.15) is 8.78 Å². The van der Waals surface area contributed by atoms with Crippen molar-refractivity contribution in [2.24, 2.45) is 4.99 Å². The Labute approximate surface area is 163 Å². The normalized spacial score (nSPS) is 12.1. The van der Waals surface area contributed by atoms with E-state index in [1.807, 2.05) is 6.92 Å². The van der Waals surface area contributed by atoms with Crippen LogP contribution in [0.5, 0.6) is 5.75 Å². The van der Waals surface area contributed by atoms with E-state index in [-0.39, 0.29) is 29.5 Å². The van der Waals surface area contributed by atoms with Gasteiger partial charge in [-0.15, -0.1) is 0 Å². The quantitative estimate of drug-likeness (QED) is 0.516. The van der Waals surface area contributed by atoms with Crippen LogP contribution in [-0.2, 0) is 16.4 Å². The summed E-state index contributed by atoms with van der Waals surface area (Å²) in [4.78, 5) is 4.28. The zero-order chi connectivity index (χ0) is 20.6. The summed E-state index contributed by atoms with van der Waals surface area (Å²) in [5.74, 6) is 0.324. The van der Waals surface area contributed by atoms with Crippen molar-refractivity contribution >= 4 is 15.8 Å². The second kappa shape index (κ2) is 10.0. The molecule has 6 nitrogen and oxygen atoms in total. The fourth-order valence-corrected chi connectivity index (χ4v) is 3.68. The molecule has 0 saturated carbocycles. The first-order chi connectivity index (χ1) is 13.3. The molecule has 0 atom stereocenters. The lowest BCUT2D eigenvalue weighted by atomic mass is 10.1. The molecule has 0 aliphatic rings. The molecule has 2 aromatic rings. The van der Waals surface area contributed by atoms with E-state index in [1.165, 1.54) is 13.1 Å². The third-order valence-corrected chi connectivity index (χ3v) is 5.60. The topological polar surface area (TPSA) is 79.8 Å². The molecule has 28 heavy (non-hydrogen) atoms. The number of benzene rings is 2. The number of guanidine groups is 1. The summed E-state index contributed by atoms with van der Waals surface area (Å²) in [6, 6.07) is 13.1. The average Bonchev–Trinajstić information content (AvgIpc) is 2.66. The third kappa shape index (κ3) is 6.49. The highest BCUT2D eigenvalue weighted by Crippen LogP contribution is 2.22. The van der Waals surface area contributed by atoms with Crippen molar-refractivity contribution in [3.8, 4) is 5.75 Å². The van der Waals surface area contributed by atoms with Crippen LogP contribution in [0.25, 0.3) is 0 Å². The van der Waals surface area contributed by atoms with Gasteiger partial charge in [-0.25, -0.2) is 8.42 Å². The van der Waals surface area contributed by atoms with Crippen LogP contribution >= 0.6 is 0 Å². The molecule has 0 radical (unpaired) electrons. The fraction of sp³-hybridized carbons (Fsp3) is 0.316. The van der Waals surface area contributed by atoms with Gasteiger partial charge in [-0.3, -0.25) is 4.99 Å². The zero-order valence-corrected chi connectivity index (χ0v) is 16.5. The molecule has 0 fully saturated rings. The number of alkyl halides is 2. The second-order valence-corrected chi connectivity index (χ2v) is 8.08. The molecule has 0 aliphatic heterocycles. The van der Waals surface area contributed by atoms with Gasteiger partial charge in [0.2, 0.25) is 0 Å². The van der Waals surface area contributed by atoms with E-state index in [9.17, 15) is 17.2 Å². The molecule has 0 aromatic heterocycles. The predicted octanol–water partition coefficient (Wildman–Crippen LogP) is 2.74. The highest BCUT2D eigenvalue weighted by molar-refractivity contribution is 7.91. The van der Waals surface area contributed by atoms with Crippen molar-refractivity contribution in [2.75, 3.05) is 19.3 Å². The lowest BCUT2D eigenvalue weighted by molar-refractivity contribution is -0.0504. The van der Waals surface area contributed by atoms with Crippen molar-refractivity contribution in [1.29, 1.82) is 0 Å². The minimum Gasteiger partial charge on any atom is -0.434 e. The molecule has 0 amide bonds. The van der Waals surface area contributed by atoms with Crippen molar-refractivity contribution in [3.05, 3.63) is 59.7 Å². The van der Waals surface area contributed by atoms with Crippen LogP contribution in [0.4, 0.5) is 8.78 Å². The first-order valence-corrected chi connectivity index (χ1v) is 10.2. The van der Waals surface area contributed by atoms with Crippen LogP contribution in [-0.4, -0.2) is 40.3 Å². The minimum atomic E-state index is -3.41. The number of aryl methyl sites for hydroxylation is 1. The largest absolute Gasteiger partial charge is 0.434 e. The molecule has 9 heteroatoms. The van der Waals surface area contributed by atoms with Crippen LogP contribution in [0.15, 0.2) is 58.4 Å². The summed E-state index contributed by atoms with van der Waals surface area (Å²) in [6.07, 6.45) is 0. The highest BCUT2D eigenvalue weighted by Gasteiger charge is 2.14. The number of nitrogens with zero attached hydrogens (tertiary/aromatic N) is 1. The van der Waals surface area contributed by atoms with E-state index in [4.69, 9.17) is 0 Å². The molecular formula is C19H23F2N3O3S. The third-order valence-electron chi connectivity index (χ3n) is 3.87. The van der Waals surface area contributed by atoms with Gasteiger partial charge in [-0.05, 0) is 25.1 Å². The lowest BCUT2D eigenvalue weighted by Crippen LogP contribution is -2.39. The van der Waals surface area contributed by atoms with Gasteiger partial charge in [0.1, 0.15) is 5.75 Å². The van der Waals surface area contributed by atoms with Gasteiger partial charge in [0, 0.05) is 25.7 Å². The molecular weight excluding hydrogens is 388 g/mol. The maximum Gasteiger partial charge on any atom is 0.387 e. The standard InChI is InChI=1S/C19H23F2N3O3S/c1-14-8-9-17(27-18(20)21)15(12-14)13-24-19(22-2)23-10-11-28(25,26)16-6-4-3-5-7-16/h3-9,12,18H,10-11,13H2,1-2H3,(H2,22,23,24). The number of sulfone groups is 1. The summed E-state index contributed by atoms with van der Waals surface area (Å²) in [7, 11) is -1.87. The SMILES string of the molecule is CN=C(NCCS(=O)(=O)c1ccccc1)NCc1cc(C)ccc1OC(F)F. The van der Waals surface area contributed by atoms with E-state index in [0.29, 0.717) is 11.5 Å². The molecule has 0 aliphatic carbocycles. The molecule has 2 rings (SSSR count). The smallest absolute Gasteiger partial charge is 0.387 e. The van der Waals surface area contributed by atoms with Crippen LogP contribution < -0.4 is 15.4 Å². The zero-order valence-electron chi connectivity index (χ0n) is 15.7. The van der Waals surface area contributed by atoms with E-state index in [2.05, 4.69) is 20.4 Å². The number of aliphatic imine (C=N–C) groups is 1. The minimum absolute atomic E-state index is 0.0789. The van der Waals surface area contributed by atoms with Crippen molar-refractivity contribution in [1.82, 2.24) is 10.6 Å². The molecule has 2 aromatic carbocycles. The number of hydrogen-bond acceptors (Lipinski definition) is 4. The van der Waals surface area contributed by atoms with Crippen molar-refractivity contribution < 1.29 is 21.9 Å². The lowest BCUT2D eigenvalue weighted by Gasteiger charge is -2.15. The van der Waals surface area contributed by atoms with E-state index in [1.54, 1.807) is 42.5 Å². The molecule has 0 spiro atoms. The molecule has 0 heterocycles. The van der Waals surface area contributed by atoms with Crippen LogP contribution in [0.2, 0.25) is 0 Å². The Morgan fingerprint density at radius 1 is 1.14 bits per heavy atom. The first-order valence-electron chi connectivity index (χ1n) is 8.58. The number of nitrogens with one attached hydrogen (secondary N) is 2. The summed E-state index contributed by atoms with van der Waals surface area (Å²) >= 11 is 0. The van der Waals surface area contributed by atoms with Crippen LogP contribution in [0.1, 0.15) is 11.1 Å². The monoisotopic (exact) mass is 411 g/mol. The molecule has 0 bridgehead atoms. The number of rotatable bonds is 8. The van der Waals surface area contributed by atoms with Gasteiger partial charge >= 0.3 is 6.61 Å². The average molecular weight is 411 g/mol. The molecule has 0 saturated heterocycles. The maximum absolute atomic E-state index is 12.5. The van der Waals surface area contributed by atoms with Gasteiger partial charge < -0.3 is 15.4 Å². The summed E-state index contributed by atoms with van der Waals surface area (Å²) in [5.41, 5.74) is 1.44. The summed E-state index contributed by atoms with van der Waals surface area (Å²) in [6.45, 7) is -0.737. The Hall–Kier alpha value is -2.68. The maximum atomic E-state index is 12.5. The molecule has 2 N–H and O–H groups in total. The number of ether oxygens (including phenoxy) is 1. The first kappa shape index (κ1) is 21.6. The van der Waals surface area contributed by atoms with Gasteiger partial charge in [0.25, 0.3) is 0 Å². The predicted molar refractivity (Wildman–Crippen MR) is 105 cm³/mol. The Kier molecular flexibility index (Phi) is 7.74. The van der Waals surface area contributed by atoms with Gasteiger partial charge in [0.15, 0.2) is 15.8 Å². The van der Waals surface area contributed by atoms with E-state index < -0.39 is 16.4 Å². The molecule has 0 unspecified atom stereocenters. The Morgan fingerprint density at radius 3 is 2.50 bits per heavy atom. The summed E-state index contributed by atoms with van der Waals surface area (Å²) < 4.78 is 54.2. The van der Waals surface area contributed by atoms with Gasteiger partial charge in [-0.1, -0.05) is 35.9 Å². The van der Waals surface area contributed by atoms with Crippen molar-refractivity contribution in [3.63, 3.8) is 0 Å². The second-order valence-electron chi connectivity index (χ2n) is 5.97. The number of hydrogen-bond donors (Lipinski definition) is 2. The van der Waals surface area contributed by atoms with E-state index in [0.717, 1.165) is 5.56 Å². The fourth-order valence-electron chi connectivity index (χ4n) is 2.51. The van der Waals surface area contributed by atoms with Crippen LogP contribution in [0, 0.1) is 6.92 Å². The van der Waals surface area contributed by atoms with Gasteiger partial charge in [0.05, 0.1) is 10.6 Å². The molecule has 152 valence electrons. The van der Waals surface area contributed by atoms with Crippen molar-refractivity contribution in [2.45, 2.75) is 25.0 Å². The Bertz CT molecular complexity index is 904. The highest BCUT2D eigenvalue weighted by atomic mass is 32.2. The number of halogens is 2.